The molecule has 0 saturated heterocycles. The van der Waals surface area contributed by atoms with Crippen LogP contribution in [0, 0.1) is 0 Å². The zero-order valence-corrected chi connectivity index (χ0v) is 14.0. The van der Waals surface area contributed by atoms with E-state index in [1.807, 2.05) is 26.0 Å². The van der Waals surface area contributed by atoms with Crippen molar-refractivity contribution in [3.8, 4) is 17.2 Å². The van der Waals surface area contributed by atoms with Gasteiger partial charge in [0.25, 0.3) is 0 Å². The van der Waals surface area contributed by atoms with Crippen molar-refractivity contribution in [3.05, 3.63) is 17.7 Å². The quantitative estimate of drug-likeness (QED) is 0.760. The van der Waals surface area contributed by atoms with E-state index in [-0.39, 0.29) is 5.91 Å². The number of rotatable bonds is 8. The van der Waals surface area contributed by atoms with Gasteiger partial charge in [0.05, 0.1) is 21.3 Å². The monoisotopic (exact) mass is 310 g/mol. The van der Waals surface area contributed by atoms with Crippen LogP contribution in [0.1, 0.15) is 25.8 Å². The molecule has 124 valence electrons. The molecule has 0 saturated carbocycles. The summed E-state index contributed by atoms with van der Waals surface area (Å²) >= 11 is 0. The number of methoxy groups -OCH3 is 3. The molecule has 0 aliphatic heterocycles. The summed E-state index contributed by atoms with van der Waals surface area (Å²) in [4.78, 5) is 12.0. The fraction of sp³-hybridized carbons (Fsp3) is 0.562. The average Bonchev–Trinajstić information content (AvgIpc) is 2.51. The van der Waals surface area contributed by atoms with E-state index in [1.165, 1.54) is 0 Å². The number of carbonyl (C=O) groups excluding carboxylic acids is 1. The van der Waals surface area contributed by atoms with Gasteiger partial charge in [-0.15, -0.1) is 0 Å². The molecular formula is C16H26N2O4. The summed E-state index contributed by atoms with van der Waals surface area (Å²) in [6, 6.07) is 3.70. The van der Waals surface area contributed by atoms with Crippen molar-refractivity contribution < 1.29 is 19.0 Å². The van der Waals surface area contributed by atoms with E-state index in [0.29, 0.717) is 36.6 Å². The fourth-order valence-corrected chi connectivity index (χ4v) is 2.03. The minimum Gasteiger partial charge on any atom is -0.493 e. The highest BCUT2D eigenvalue weighted by molar-refractivity contribution is 5.77. The topological polar surface area (TPSA) is 82.8 Å². The predicted octanol–water partition coefficient (Wildman–Crippen LogP) is 1.50. The lowest BCUT2D eigenvalue weighted by Crippen LogP contribution is -2.48. The number of hydrogen-bond donors (Lipinski definition) is 2. The van der Waals surface area contributed by atoms with E-state index < -0.39 is 5.54 Å². The van der Waals surface area contributed by atoms with E-state index in [4.69, 9.17) is 19.9 Å². The molecule has 0 aromatic heterocycles. The van der Waals surface area contributed by atoms with Gasteiger partial charge in [-0.1, -0.05) is 0 Å². The summed E-state index contributed by atoms with van der Waals surface area (Å²) in [5.74, 6) is 1.67. The molecule has 0 aliphatic rings. The summed E-state index contributed by atoms with van der Waals surface area (Å²) in [7, 11) is 4.69. The van der Waals surface area contributed by atoms with Gasteiger partial charge in [-0.3, -0.25) is 4.79 Å². The van der Waals surface area contributed by atoms with Crippen LogP contribution in [0.4, 0.5) is 0 Å². The molecule has 0 unspecified atom stereocenters. The summed E-state index contributed by atoms with van der Waals surface area (Å²) in [5.41, 5.74) is 6.15. The number of amides is 1. The Morgan fingerprint density at radius 2 is 1.68 bits per heavy atom. The summed E-state index contributed by atoms with van der Waals surface area (Å²) < 4.78 is 15.9. The van der Waals surface area contributed by atoms with Crippen LogP contribution in [-0.2, 0) is 11.2 Å². The smallest absolute Gasteiger partial charge is 0.220 e. The third-order valence-electron chi connectivity index (χ3n) is 3.35. The van der Waals surface area contributed by atoms with Gasteiger partial charge < -0.3 is 25.3 Å². The minimum absolute atomic E-state index is 0.0378. The van der Waals surface area contributed by atoms with Gasteiger partial charge in [-0.05, 0) is 38.0 Å². The predicted molar refractivity (Wildman–Crippen MR) is 85.7 cm³/mol. The second kappa shape index (κ2) is 7.89. The second-order valence-electron chi connectivity index (χ2n) is 5.67. The molecule has 0 aliphatic carbocycles. The maximum absolute atomic E-state index is 12.0. The zero-order valence-electron chi connectivity index (χ0n) is 14.0. The molecule has 1 aromatic carbocycles. The fourth-order valence-electron chi connectivity index (χ4n) is 2.03. The first-order valence-corrected chi connectivity index (χ1v) is 7.16. The van der Waals surface area contributed by atoms with Gasteiger partial charge in [-0.25, -0.2) is 0 Å². The number of nitrogens with one attached hydrogen (secondary N) is 1. The van der Waals surface area contributed by atoms with Crippen molar-refractivity contribution in [2.24, 2.45) is 5.73 Å². The number of hydrogen-bond acceptors (Lipinski definition) is 5. The number of ether oxygens (including phenoxy) is 3. The van der Waals surface area contributed by atoms with E-state index >= 15 is 0 Å². The van der Waals surface area contributed by atoms with Crippen molar-refractivity contribution in [2.75, 3.05) is 27.9 Å². The highest BCUT2D eigenvalue weighted by Crippen LogP contribution is 2.38. The largest absolute Gasteiger partial charge is 0.493 e. The Morgan fingerprint density at radius 3 is 2.09 bits per heavy atom. The van der Waals surface area contributed by atoms with Crippen LogP contribution in [0.3, 0.4) is 0 Å². The highest BCUT2D eigenvalue weighted by atomic mass is 16.5. The Kier molecular flexibility index (Phi) is 6.49. The zero-order chi connectivity index (χ0) is 16.8. The normalized spacial score (nSPS) is 11.0. The van der Waals surface area contributed by atoms with Gasteiger partial charge >= 0.3 is 0 Å². The molecule has 6 heteroatoms. The SMILES string of the molecule is COc1cc(CCC(=O)NC(C)(C)CN)cc(OC)c1OC. The number of carbonyl (C=O) groups is 1. The van der Waals surface area contributed by atoms with Crippen molar-refractivity contribution in [1.82, 2.24) is 5.32 Å². The van der Waals surface area contributed by atoms with Crippen LogP contribution in [0.5, 0.6) is 17.2 Å². The highest BCUT2D eigenvalue weighted by Gasteiger charge is 2.18. The van der Waals surface area contributed by atoms with Crippen molar-refractivity contribution in [1.29, 1.82) is 0 Å². The summed E-state index contributed by atoms with van der Waals surface area (Å²) in [5, 5.41) is 2.90. The molecule has 0 radical (unpaired) electrons. The second-order valence-corrected chi connectivity index (χ2v) is 5.67. The Morgan fingerprint density at radius 1 is 1.14 bits per heavy atom. The molecule has 6 nitrogen and oxygen atoms in total. The molecule has 0 bridgehead atoms. The lowest BCUT2D eigenvalue weighted by atomic mass is 10.0. The molecule has 0 fully saturated rings. The van der Waals surface area contributed by atoms with E-state index in [9.17, 15) is 4.79 Å². The molecule has 1 aromatic rings. The first-order chi connectivity index (χ1) is 10.4. The lowest BCUT2D eigenvalue weighted by Gasteiger charge is -2.24. The Hall–Kier alpha value is -1.95. The third-order valence-corrected chi connectivity index (χ3v) is 3.35. The average molecular weight is 310 g/mol. The van der Waals surface area contributed by atoms with Crippen molar-refractivity contribution in [2.45, 2.75) is 32.2 Å². The summed E-state index contributed by atoms with van der Waals surface area (Å²) in [6.07, 6.45) is 0.936. The molecule has 0 spiro atoms. The first kappa shape index (κ1) is 18.1. The molecule has 1 rings (SSSR count). The van der Waals surface area contributed by atoms with E-state index in [1.54, 1.807) is 21.3 Å². The third kappa shape index (κ3) is 4.80. The number of aryl methyl sites for hydroxylation is 1. The van der Waals surface area contributed by atoms with Gasteiger partial charge in [-0.2, -0.15) is 0 Å². The van der Waals surface area contributed by atoms with E-state index in [2.05, 4.69) is 5.32 Å². The van der Waals surface area contributed by atoms with Crippen LogP contribution < -0.4 is 25.3 Å². The maximum Gasteiger partial charge on any atom is 0.220 e. The Balaban J connectivity index is 2.80. The van der Waals surface area contributed by atoms with Crippen LogP contribution >= 0.6 is 0 Å². The lowest BCUT2D eigenvalue weighted by molar-refractivity contribution is -0.122. The van der Waals surface area contributed by atoms with Gasteiger partial charge in [0.2, 0.25) is 11.7 Å². The van der Waals surface area contributed by atoms with Gasteiger partial charge in [0, 0.05) is 18.5 Å². The van der Waals surface area contributed by atoms with Crippen LogP contribution in [-0.4, -0.2) is 39.3 Å². The molecule has 0 heterocycles. The maximum atomic E-state index is 12.0. The Labute approximate surface area is 131 Å². The molecule has 1 amide bonds. The first-order valence-electron chi connectivity index (χ1n) is 7.16. The van der Waals surface area contributed by atoms with E-state index in [0.717, 1.165) is 5.56 Å². The molecule has 3 N–H and O–H groups in total. The molecule has 0 atom stereocenters. The minimum atomic E-state index is -0.396. The van der Waals surface area contributed by atoms with Crippen LogP contribution in [0.2, 0.25) is 0 Å². The van der Waals surface area contributed by atoms with Gasteiger partial charge in [0.1, 0.15) is 0 Å². The molecule has 22 heavy (non-hydrogen) atoms. The van der Waals surface area contributed by atoms with Gasteiger partial charge in [0.15, 0.2) is 11.5 Å². The van der Waals surface area contributed by atoms with Crippen LogP contribution in [0.15, 0.2) is 12.1 Å². The Bertz CT molecular complexity index is 490. The van der Waals surface area contributed by atoms with Crippen molar-refractivity contribution >= 4 is 5.91 Å². The van der Waals surface area contributed by atoms with Crippen molar-refractivity contribution in [3.63, 3.8) is 0 Å². The summed E-state index contributed by atoms with van der Waals surface area (Å²) in [6.45, 7) is 4.18. The standard InChI is InChI=1S/C16H26N2O4/c1-16(2,10-17)18-14(19)7-6-11-8-12(20-3)15(22-5)13(9-11)21-4/h8-9H,6-7,10,17H2,1-5H3,(H,18,19). The van der Waals surface area contributed by atoms with Crippen LogP contribution in [0.25, 0.3) is 0 Å². The number of nitrogens with two attached hydrogens (primary N) is 1. The number of benzene rings is 1. The molecular weight excluding hydrogens is 284 g/mol.